The second-order valence-corrected chi connectivity index (χ2v) is 11.3. The lowest BCUT2D eigenvalue weighted by Crippen LogP contribution is -2.49. The maximum atomic E-state index is 14.8. The van der Waals surface area contributed by atoms with Gasteiger partial charge in [-0.2, -0.15) is 0 Å². The molecule has 1 N–H and O–H groups in total. The predicted octanol–water partition coefficient (Wildman–Crippen LogP) is 5.90. The first-order chi connectivity index (χ1) is 20.8. The number of ketones is 2. The van der Waals surface area contributed by atoms with E-state index in [1.807, 2.05) is 84.8 Å². The van der Waals surface area contributed by atoms with Crippen molar-refractivity contribution >= 4 is 35.2 Å². The van der Waals surface area contributed by atoms with E-state index >= 15 is 0 Å². The number of hydrogen-bond acceptors (Lipinski definition) is 6. The van der Waals surface area contributed by atoms with Crippen LogP contribution < -0.4 is 10.1 Å². The highest BCUT2D eigenvalue weighted by Crippen LogP contribution is 2.62. The Morgan fingerprint density at radius 2 is 1.47 bits per heavy atom. The number of Topliss-reactive ketones (excluding diaryl/α,β-unsaturated/α-hetero) is 2. The van der Waals surface area contributed by atoms with Crippen LogP contribution in [0.2, 0.25) is 0 Å². The highest BCUT2D eigenvalue weighted by molar-refractivity contribution is 6.16. The summed E-state index contributed by atoms with van der Waals surface area (Å²) in [5.74, 6) is -2.09. The van der Waals surface area contributed by atoms with Crippen LogP contribution in [0.1, 0.15) is 55.9 Å². The molecule has 1 saturated heterocycles. The van der Waals surface area contributed by atoms with Crippen LogP contribution in [0.25, 0.3) is 6.08 Å². The molecule has 0 aromatic heterocycles. The molecule has 0 radical (unpaired) electrons. The van der Waals surface area contributed by atoms with Gasteiger partial charge in [-0.3, -0.25) is 19.2 Å². The van der Waals surface area contributed by atoms with E-state index in [-0.39, 0.29) is 17.5 Å². The van der Waals surface area contributed by atoms with Crippen LogP contribution in [0, 0.1) is 12.8 Å². The number of hydrogen-bond donors (Lipinski definition) is 1. The van der Waals surface area contributed by atoms with Crippen molar-refractivity contribution in [3.05, 3.63) is 137 Å². The molecule has 212 valence electrons. The lowest BCUT2D eigenvalue weighted by molar-refractivity contribution is -0.131. The van der Waals surface area contributed by atoms with Crippen molar-refractivity contribution in [2.75, 3.05) is 5.32 Å². The normalized spacial score (nSPS) is 22.9. The zero-order valence-corrected chi connectivity index (χ0v) is 23.6. The molecule has 3 aliphatic heterocycles. The van der Waals surface area contributed by atoms with Crippen LogP contribution in [0.5, 0.6) is 5.75 Å². The quantitative estimate of drug-likeness (QED) is 0.183. The number of carbonyl (C=O) groups is 4. The maximum Gasteiger partial charge on any atom is 0.308 e. The van der Waals surface area contributed by atoms with Gasteiger partial charge in [0.05, 0.1) is 12.0 Å². The molecule has 1 spiro atoms. The summed E-state index contributed by atoms with van der Waals surface area (Å²) in [4.78, 5) is 57.3. The van der Waals surface area contributed by atoms with Crippen LogP contribution in [0.3, 0.4) is 0 Å². The van der Waals surface area contributed by atoms with Crippen molar-refractivity contribution in [1.82, 2.24) is 4.90 Å². The average Bonchev–Trinajstić information content (AvgIpc) is 3.49. The Kier molecular flexibility index (Phi) is 6.13. The maximum absolute atomic E-state index is 14.8. The van der Waals surface area contributed by atoms with Crippen LogP contribution >= 0.6 is 0 Å². The fourth-order valence-corrected chi connectivity index (χ4v) is 7.09. The van der Waals surface area contributed by atoms with E-state index in [0.29, 0.717) is 28.1 Å². The Labute approximate surface area is 248 Å². The highest BCUT2D eigenvalue weighted by Gasteiger charge is 2.70. The molecule has 4 unspecified atom stereocenters. The van der Waals surface area contributed by atoms with E-state index < -0.39 is 29.4 Å². The molecule has 0 aliphatic carbocycles. The largest absolute Gasteiger partial charge is 0.427 e. The van der Waals surface area contributed by atoms with Crippen LogP contribution in [-0.2, 0) is 15.0 Å². The SMILES string of the molecule is CC(=O)Oc1ccc(C(=O)C2C(C(=O)c3ccc(C)cc3)C3(C(=O)Nc4ccccc43)C3c4ccccc4C=CN23)cc1. The summed E-state index contributed by atoms with van der Waals surface area (Å²) in [6.45, 7) is 3.25. The van der Waals surface area contributed by atoms with Gasteiger partial charge in [-0.25, -0.2) is 0 Å². The van der Waals surface area contributed by atoms with Crippen LogP contribution in [-0.4, -0.2) is 34.4 Å². The lowest BCUT2D eigenvalue weighted by atomic mass is 9.62. The molecule has 0 bridgehead atoms. The number of nitrogens with one attached hydrogen (secondary N) is 1. The first kappa shape index (κ1) is 26.6. The summed E-state index contributed by atoms with van der Waals surface area (Å²) in [6, 6.07) is 27.2. The Morgan fingerprint density at radius 1 is 0.814 bits per heavy atom. The Balaban J connectivity index is 1.48. The molecule has 3 heterocycles. The minimum absolute atomic E-state index is 0.276. The molecule has 0 saturated carbocycles. The van der Waals surface area contributed by atoms with Crippen molar-refractivity contribution in [3.63, 3.8) is 0 Å². The molecule has 1 fully saturated rings. The number of carbonyl (C=O) groups excluding carboxylic acids is 4. The van der Waals surface area contributed by atoms with Crippen molar-refractivity contribution in [3.8, 4) is 5.75 Å². The number of anilines is 1. The summed E-state index contributed by atoms with van der Waals surface area (Å²) in [5.41, 5.74) is 3.53. The molecule has 3 aliphatic rings. The Bertz CT molecular complexity index is 1840. The number of benzene rings is 4. The Hall–Kier alpha value is -5.30. The number of nitrogens with zero attached hydrogens (tertiary/aromatic N) is 1. The van der Waals surface area contributed by atoms with Gasteiger partial charge >= 0.3 is 5.97 Å². The van der Waals surface area contributed by atoms with E-state index in [9.17, 15) is 19.2 Å². The fourth-order valence-electron chi connectivity index (χ4n) is 7.09. The lowest BCUT2D eigenvalue weighted by Gasteiger charge is -2.38. The van der Waals surface area contributed by atoms with E-state index in [2.05, 4.69) is 5.32 Å². The zero-order chi connectivity index (χ0) is 29.9. The zero-order valence-electron chi connectivity index (χ0n) is 23.6. The summed E-state index contributed by atoms with van der Waals surface area (Å²) < 4.78 is 5.18. The highest BCUT2D eigenvalue weighted by atomic mass is 16.5. The molecule has 4 aromatic rings. The van der Waals surface area contributed by atoms with Gasteiger partial charge in [-0.1, -0.05) is 72.3 Å². The van der Waals surface area contributed by atoms with Crippen molar-refractivity contribution < 1.29 is 23.9 Å². The third kappa shape index (κ3) is 3.96. The van der Waals surface area contributed by atoms with Gasteiger partial charge in [-0.05, 0) is 60.0 Å². The van der Waals surface area contributed by atoms with Gasteiger partial charge in [-0.15, -0.1) is 0 Å². The van der Waals surface area contributed by atoms with Gasteiger partial charge in [0.1, 0.15) is 17.2 Å². The van der Waals surface area contributed by atoms with E-state index in [4.69, 9.17) is 4.74 Å². The number of ether oxygens (including phenoxy) is 1. The predicted molar refractivity (Wildman–Crippen MR) is 162 cm³/mol. The molecular weight excluding hydrogens is 540 g/mol. The van der Waals surface area contributed by atoms with Gasteiger partial charge in [0.25, 0.3) is 0 Å². The van der Waals surface area contributed by atoms with Gasteiger partial charge in [0.2, 0.25) is 5.91 Å². The van der Waals surface area contributed by atoms with Gasteiger partial charge in [0.15, 0.2) is 11.6 Å². The average molecular weight is 569 g/mol. The Morgan fingerprint density at radius 3 is 2.21 bits per heavy atom. The third-order valence-corrected chi connectivity index (χ3v) is 8.86. The first-order valence-electron chi connectivity index (χ1n) is 14.2. The molecule has 7 rings (SSSR count). The summed E-state index contributed by atoms with van der Waals surface area (Å²) in [7, 11) is 0. The van der Waals surface area contributed by atoms with E-state index in [1.54, 1.807) is 36.4 Å². The number of amides is 1. The van der Waals surface area contributed by atoms with Crippen molar-refractivity contribution in [2.24, 2.45) is 5.92 Å². The smallest absolute Gasteiger partial charge is 0.308 e. The van der Waals surface area contributed by atoms with Crippen LogP contribution in [0.4, 0.5) is 5.69 Å². The molecule has 43 heavy (non-hydrogen) atoms. The molecule has 7 heteroatoms. The molecule has 1 amide bonds. The minimum Gasteiger partial charge on any atom is -0.427 e. The monoisotopic (exact) mass is 568 g/mol. The standard InChI is InChI=1S/C36H28N2O5/c1-21-11-13-24(14-12-21)32(40)30-31(33(41)25-15-17-26(18-16-25)43-22(2)39)38-20-19-23-7-3-4-8-27(23)34(38)36(30)28-9-5-6-10-29(28)37-35(36)42/h3-20,30-31,34H,1-2H3,(H,37,42). The van der Waals surface area contributed by atoms with E-state index in [0.717, 1.165) is 16.7 Å². The van der Waals surface area contributed by atoms with Crippen LogP contribution in [0.15, 0.2) is 103 Å². The van der Waals surface area contributed by atoms with E-state index in [1.165, 1.54) is 6.92 Å². The summed E-state index contributed by atoms with van der Waals surface area (Å²) in [6.07, 6.45) is 3.78. The second-order valence-electron chi connectivity index (χ2n) is 11.3. The number of fused-ring (bicyclic) bond motifs is 6. The number of esters is 1. The van der Waals surface area contributed by atoms with Gasteiger partial charge in [0, 0.05) is 29.9 Å². The van der Waals surface area contributed by atoms with Crippen molar-refractivity contribution in [2.45, 2.75) is 31.3 Å². The number of rotatable bonds is 5. The van der Waals surface area contributed by atoms with Gasteiger partial charge < -0.3 is 15.0 Å². The summed E-state index contributed by atoms with van der Waals surface area (Å²) in [5, 5.41) is 3.06. The molecule has 7 nitrogen and oxygen atoms in total. The number of para-hydroxylation sites is 1. The number of aryl methyl sites for hydroxylation is 1. The molecule has 4 aromatic carbocycles. The summed E-state index contributed by atoms with van der Waals surface area (Å²) >= 11 is 0. The van der Waals surface area contributed by atoms with Crippen molar-refractivity contribution in [1.29, 1.82) is 0 Å². The minimum atomic E-state index is -1.39. The fraction of sp³-hybridized carbons (Fsp3) is 0.167. The topological polar surface area (TPSA) is 92.8 Å². The second kappa shape index (κ2) is 9.91. The molecular formula is C36H28N2O5. The molecule has 4 atom stereocenters. The third-order valence-electron chi connectivity index (χ3n) is 8.86. The first-order valence-corrected chi connectivity index (χ1v) is 14.2.